The van der Waals surface area contributed by atoms with E-state index in [2.05, 4.69) is 10.0 Å². The van der Waals surface area contributed by atoms with E-state index in [-0.39, 0.29) is 17.2 Å². The Morgan fingerprint density at radius 3 is 2.33 bits per heavy atom. The lowest BCUT2D eigenvalue weighted by molar-refractivity contribution is -0.120. The molecular weight excluding hydrogens is 530 g/mol. The smallest absolute Gasteiger partial charge is 0.329 e. The van der Waals surface area contributed by atoms with Crippen LogP contribution < -0.4 is 19.7 Å². The fourth-order valence-electron chi connectivity index (χ4n) is 4.33. The van der Waals surface area contributed by atoms with Gasteiger partial charge in [0.25, 0.3) is 10.0 Å². The Balaban J connectivity index is 1.58. The number of ether oxygens (including phenoxy) is 1. The molecule has 0 unspecified atom stereocenters. The second-order valence-corrected chi connectivity index (χ2v) is 10.7. The molecule has 3 amide bonds. The van der Waals surface area contributed by atoms with Crippen molar-refractivity contribution in [3.05, 3.63) is 103 Å². The van der Waals surface area contributed by atoms with Crippen LogP contribution >= 0.6 is 0 Å². The second kappa shape index (κ2) is 12.5. The molecule has 0 aliphatic heterocycles. The van der Waals surface area contributed by atoms with Crippen LogP contribution in [0.15, 0.2) is 101 Å². The molecule has 1 aromatic heterocycles. The van der Waals surface area contributed by atoms with Gasteiger partial charge in [-0.25, -0.2) is 17.9 Å². The number of furan rings is 1. The van der Waals surface area contributed by atoms with Crippen molar-refractivity contribution in [3.8, 4) is 16.9 Å². The van der Waals surface area contributed by atoms with Gasteiger partial charge in [0.05, 0.1) is 24.5 Å². The van der Waals surface area contributed by atoms with Gasteiger partial charge < -0.3 is 19.4 Å². The van der Waals surface area contributed by atoms with E-state index in [1.807, 2.05) is 37.3 Å². The lowest BCUT2D eigenvalue weighted by Gasteiger charge is -2.27. The van der Waals surface area contributed by atoms with E-state index in [4.69, 9.17) is 9.15 Å². The molecule has 9 nitrogen and oxygen atoms in total. The third kappa shape index (κ3) is 6.70. The van der Waals surface area contributed by atoms with Crippen molar-refractivity contribution in [3.63, 3.8) is 0 Å². The van der Waals surface area contributed by atoms with Gasteiger partial charge in [-0.05, 0) is 66.9 Å². The number of nitrogens with zero attached hydrogens (tertiary/aromatic N) is 1. The molecule has 10 heteroatoms. The quantitative estimate of drug-likeness (QED) is 0.284. The van der Waals surface area contributed by atoms with Gasteiger partial charge in [0.15, 0.2) is 0 Å². The topological polar surface area (TPSA) is 118 Å². The SMILES string of the molecule is CCN(C(=O)[C@H](Cc1ccccc1)NC(=O)NS(=O)(=O)c1cc(-c2ccoc2)ccc1C)c1ccc(OC)cc1. The zero-order valence-electron chi connectivity index (χ0n) is 22.5. The van der Waals surface area contributed by atoms with Crippen LogP contribution in [0.4, 0.5) is 10.5 Å². The van der Waals surface area contributed by atoms with Crippen molar-refractivity contribution < 1.29 is 27.2 Å². The second-order valence-electron chi connectivity index (χ2n) is 9.09. The standard InChI is InChI=1S/C30H31N3O6S/c1-4-33(25-12-14-26(38-3)15-13-25)29(34)27(18-22-8-6-5-7-9-22)31-30(35)32-40(36,37)28-19-23(11-10-21(28)2)24-16-17-39-20-24/h5-17,19-20,27H,4,18H2,1-3H3,(H2,31,32,35)/t27-/m0/s1. The first kappa shape index (κ1) is 28.4. The molecule has 40 heavy (non-hydrogen) atoms. The van der Waals surface area contributed by atoms with Crippen LogP contribution in [0.1, 0.15) is 18.1 Å². The highest BCUT2D eigenvalue weighted by Gasteiger charge is 2.29. The monoisotopic (exact) mass is 561 g/mol. The minimum atomic E-state index is -4.27. The van der Waals surface area contributed by atoms with E-state index in [1.165, 1.54) is 23.5 Å². The van der Waals surface area contributed by atoms with Crippen LogP contribution in [0.2, 0.25) is 0 Å². The molecule has 0 bridgehead atoms. The minimum Gasteiger partial charge on any atom is -0.497 e. The third-order valence-electron chi connectivity index (χ3n) is 6.41. The Kier molecular flexibility index (Phi) is 8.90. The van der Waals surface area contributed by atoms with E-state index >= 15 is 0 Å². The Hall–Kier alpha value is -4.57. The average Bonchev–Trinajstić information content (AvgIpc) is 3.49. The summed E-state index contributed by atoms with van der Waals surface area (Å²) in [4.78, 5) is 28.3. The summed E-state index contributed by atoms with van der Waals surface area (Å²) in [5.41, 5.74) is 3.20. The number of hydrogen-bond acceptors (Lipinski definition) is 6. The number of urea groups is 1. The summed E-state index contributed by atoms with van der Waals surface area (Å²) >= 11 is 0. The normalized spacial score (nSPS) is 11.9. The molecule has 0 saturated carbocycles. The first-order valence-electron chi connectivity index (χ1n) is 12.7. The number of carbonyl (C=O) groups excluding carboxylic acids is 2. The van der Waals surface area contributed by atoms with Crippen LogP contribution in [-0.4, -0.2) is 40.1 Å². The lowest BCUT2D eigenvalue weighted by atomic mass is 10.0. The number of methoxy groups -OCH3 is 1. The van der Waals surface area contributed by atoms with E-state index < -0.39 is 22.1 Å². The zero-order valence-corrected chi connectivity index (χ0v) is 23.3. The maximum Gasteiger partial charge on any atom is 0.329 e. The minimum absolute atomic E-state index is 0.0549. The highest BCUT2D eigenvalue weighted by Crippen LogP contribution is 2.26. The summed E-state index contributed by atoms with van der Waals surface area (Å²) in [6.45, 7) is 3.79. The largest absolute Gasteiger partial charge is 0.497 e. The number of rotatable bonds is 10. The maximum atomic E-state index is 13.7. The fourth-order valence-corrected chi connectivity index (χ4v) is 5.52. The number of benzene rings is 3. The van der Waals surface area contributed by atoms with Gasteiger partial charge in [0.2, 0.25) is 5.91 Å². The molecule has 0 aliphatic rings. The molecule has 4 aromatic rings. The molecular formula is C30H31N3O6S. The molecule has 0 radical (unpaired) electrons. The maximum absolute atomic E-state index is 13.7. The van der Waals surface area contributed by atoms with Crippen molar-refractivity contribution in [2.75, 3.05) is 18.6 Å². The highest BCUT2D eigenvalue weighted by atomic mass is 32.2. The predicted molar refractivity (Wildman–Crippen MR) is 153 cm³/mol. The number of amides is 3. The lowest BCUT2D eigenvalue weighted by Crippen LogP contribution is -2.53. The van der Waals surface area contributed by atoms with Crippen LogP contribution in [-0.2, 0) is 21.2 Å². The van der Waals surface area contributed by atoms with Crippen molar-refractivity contribution >= 4 is 27.6 Å². The van der Waals surface area contributed by atoms with Gasteiger partial charge in [-0.2, -0.15) is 0 Å². The Morgan fingerprint density at radius 1 is 0.975 bits per heavy atom. The number of carbonyl (C=O) groups is 2. The molecule has 0 spiro atoms. The van der Waals surface area contributed by atoms with Crippen molar-refractivity contribution in [1.82, 2.24) is 10.0 Å². The molecule has 2 N–H and O–H groups in total. The van der Waals surface area contributed by atoms with Gasteiger partial charge in [0, 0.05) is 24.2 Å². The molecule has 0 aliphatic carbocycles. The first-order chi connectivity index (χ1) is 19.2. The van der Waals surface area contributed by atoms with Crippen LogP contribution in [0.25, 0.3) is 11.1 Å². The van der Waals surface area contributed by atoms with E-state index in [0.29, 0.717) is 34.7 Å². The molecule has 0 saturated heterocycles. The molecule has 1 atom stereocenters. The number of nitrogens with one attached hydrogen (secondary N) is 2. The van der Waals surface area contributed by atoms with Gasteiger partial charge >= 0.3 is 6.03 Å². The zero-order chi connectivity index (χ0) is 28.7. The number of hydrogen-bond donors (Lipinski definition) is 2. The highest BCUT2D eigenvalue weighted by molar-refractivity contribution is 7.90. The summed E-state index contributed by atoms with van der Waals surface area (Å²) in [7, 11) is -2.71. The van der Waals surface area contributed by atoms with E-state index in [0.717, 1.165) is 5.56 Å². The fraction of sp³-hybridized carbons (Fsp3) is 0.200. The number of anilines is 1. The van der Waals surface area contributed by atoms with E-state index in [1.54, 1.807) is 56.5 Å². The third-order valence-corrected chi connectivity index (χ3v) is 7.88. The Bertz CT molecular complexity index is 1550. The van der Waals surface area contributed by atoms with Gasteiger partial charge in [0.1, 0.15) is 11.8 Å². The summed E-state index contributed by atoms with van der Waals surface area (Å²) in [5, 5.41) is 2.60. The summed E-state index contributed by atoms with van der Waals surface area (Å²) in [6.07, 6.45) is 3.16. The molecule has 1 heterocycles. The van der Waals surface area contributed by atoms with Crippen molar-refractivity contribution in [2.45, 2.75) is 31.2 Å². The van der Waals surface area contributed by atoms with E-state index in [9.17, 15) is 18.0 Å². The number of sulfonamides is 1. The average molecular weight is 562 g/mol. The number of aryl methyl sites for hydroxylation is 1. The van der Waals surface area contributed by atoms with Gasteiger partial charge in [-0.3, -0.25) is 4.79 Å². The predicted octanol–water partition coefficient (Wildman–Crippen LogP) is 4.92. The molecule has 208 valence electrons. The summed E-state index contributed by atoms with van der Waals surface area (Å²) in [5.74, 6) is 0.255. The molecule has 4 rings (SSSR count). The van der Waals surface area contributed by atoms with Crippen LogP contribution in [0.5, 0.6) is 5.75 Å². The summed E-state index contributed by atoms with van der Waals surface area (Å²) < 4.78 is 38.9. The van der Waals surface area contributed by atoms with Crippen molar-refractivity contribution in [2.24, 2.45) is 0 Å². The molecule has 3 aromatic carbocycles. The Labute approximate surface area is 233 Å². The van der Waals surface area contributed by atoms with Gasteiger partial charge in [-0.15, -0.1) is 0 Å². The van der Waals surface area contributed by atoms with Crippen LogP contribution in [0.3, 0.4) is 0 Å². The van der Waals surface area contributed by atoms with Gasteiger partial charge in [-0.1, -0.05) is 42.5 Å². The number of likely N-dealkylation sites (N-methyl/N-ethyl adjacent to an activating group) is 1. The van der Waals surface area contributed by atoms with Crippen molar-refractivity contribution in [1.29, 1.82) is 0 Å². The first-order valence-corrected chi connectivity index (χ1v) is 14.2. The Morgan fingerprint density at radius 2 is 1.70 bits per heavy atom. The van der Waals surface area contributed by atoms with Crippen LogP contribution in [0, 0.1) is 6.92 Å². The molecule has 0 fully saturated rings. The summed E-state index contributed by atoms with van der Waals surface area (Å²) in [6, 6.07) is 20.7.